The van der Waals surface area contributed by atoms with Crippen molar-refractivity contribution in [2.45, 2.75) is 4.90 Å². The van der Waals surface area contributed by atoms with Gasteiger partial charge in [0.05, 0.1) is 40.8 Å². The Hall–Kier alpha value is -3.45. The van der Waals surface area contributed by atoms with Crippen LogP contribution in [0.25, 0.3) is 10.2 Å². The first-order valence-electron chi connectivity index (χ1n) is 10.6. The van der Waals surface area contributed by atoms with Gasteiger partial charge in [-0.05, 0) is 54.6 Å². The summed E-state index contributed by atoms with van der Waals surface area (Å²) in [5.41, 5.74) is 0.720. The molecule has 0 spiro atoms. The summed E-state index contributed by atoms with van der Waals surface area (Å²) in [4.78, 5) is 17.9. The molecule has 3 heterocycles. The van der Waals surface area contributed by atoms with Crippen LogP contribution in [0.4, 0.5) is 9.52 Å². The maximum absolute atomic E-state index is 13.7. The van der Waals surface area contributed by atoms with Crippen LogP contribution in [0.15, 0.2) is 75.3 Å². The zero-order valence-corrected chi connectivity index (χ0v) is 19.8. The number of benzene rings is 2. The van der Waals surface area contributed by atoms with Gasteiger partial charge in [-0.1, -0.05) is 11.3 Å². The number of hydrogen-bond donors (Lipinski definition) is 0. The van der Waals surface area contributed by atoms with Gasteiger partial charge in [-0.25, -0.2) is 17.8 Å². The van der Waals surface area contributed by atoms with Gasteiger partial charge in [0.25, 0.3) is 5.91 Å². The van der Waals surface area contributed by atoms with Crippen molar-refractivity contribution < 1.29 is 26.8 Å². The lowest BCUT2D eigenvalue weighted by Gasteiger charge is -2.26. The highest BCUT2D eigenvalue weighted by molar-refractivity contribution is 7.89. The van der Waals surface area contributed by atoms with E-state index in [1.165, 1.54) is 59.2 Å². The lowest BCUT2D eigenvalue weighted by atomic mass is 10.2. The number of carbonyl (C=O) groups is 1. The van der Waals surface area contributed by atoms with Crippen molar-refractivity contribution in [2.24, 2.45) is 5.10 Å². The first-order valence-corrected chi connectivity index (χ1v) is 12.8. The number of aromatic nitrogens is 1. The van der Waals surface area contributed by atoms with E-state index in [1.54, 1.807) is 12.1 Å². The third kappa shape index (κ3) is 4.86. The molecule has 0 bridgehead atoms. The van der Waals surface area contributed by atoms with Gasteiger partial charge in [-0.2, -0.15) is 14.4 Å². The summed E-state index contributed by atoms with van der Waals surface area (Å²) < 4.78 is 51.8. The maximum atomic E-state index is 13.7. The van der Waals surface area contributed by atoms with Crippen molar-refractivity contribution in [3.8, 4) is 0 Å². The highest BCUT2D eigenvalue weighted by atomic mass is 32.2. The minimum atomic E-state index is -3.70. The predicted octanol–water partition coefficient (Wildman–Crippen LogP) is 3.73. The van der Waals surface area contributed by atoms with Crippen LogP contribution in [-0.4, -0.2) is 56.1 Å². The van der Waals surface area contributed by atoms with E-state index < -0.39 is 21.7 Å². The summed E-state index contributed by atoms with van der Waals surface area (Å²) >= 11 is 1.10. The summed E-state index contributed by atoms with van der Waals surface area (Å²) in [7, 11) is -3.70. The Morgan fingerprint density at radius 3 is 2.63 bits per heavy atom. The molecule has 0 aliphatic carbocycles. The van der Waals surface area contributed by atoms with Crippen LogP contribution in [0.1, 0.15) is 16.1 Å². The van der Waals surface area contributed by atoms with Crippen LogP contribution < -0.4 is 5.01 Å². The Kier molecular flexibility index (Phi) is 6.43. The molecule has 1 fully saturated rings. The predicted molar refractivity (Wildman–Crippen MR) is 129 cm³/mol. The van der Waals surface area contributed by atoms with Crippen molar-refractivity contribution >= 4 is 48.8 Å². The summed E-state index contributed by atoms with van der Waals surface area (Å²) in [6, 6.07) is 13.1. The number of ether oxygens (including phenoxy) is 1. The molecule has 35 heavy (non-hydrogen) atoms. The number of hydrogen-bond acceptors (Lipinski definition) is 8. The Bertz CT molecular complexity index is 1480. The Morgan fingerprint density at radius 1 is 1.14 bits per heavy atom. The van der Waals surface area contributed by atoms with E-state index in [4.69, 9.17) is 9.15 Å². The lowest BCUT2D eigenvalue weighted by molar-refractivity contribution is 0.0730. The molecule has 0 N–H and O–H groups in total. The number of sulfonamides is 1. The van der Waals surface area contributed by atoms with Gasteiger partial charge in [-0.15, -0.1) is 0 Å². The van der Waals surface area contributed by atoms with Crippen molar-refractivity contribution in [3.05, 3.63) is 78.0 Å². The van der Waals surface area contributed by atoms with Gasteiger partial charge in [0.2, 0.25) is 15.2 Å². The fraction of sp³-hybridized carbons (Fsp3) is 0.174. The fourth-order valence-corrected chi connectivity index (χ4v) is 5.83. The first kappa shape index (κ1) is 23.3. The first-order chi connectivity index (χ1) is 16.9. The number of amides is 1. The Morgan fingerprint density at radius 2 is 1.91 bits per heavy atom. The largest absolute Gasteiger partial charge is 0.463 e. The van der Waals surface area contributed by atoms with Crippen LogP contribution in [-0.2, 0) is 14.8 Å². The Labute approximate surface area is 204 Å². The zero-order chi connectivity index (χ0) is 24.4. The fourth-order valence-electron chi connectivity index (χ4n) is 3.47. The standard InChI is InChI=1S/C23H19FN4O5S2/c24-17-5-8-20-21(14-17)34-23(26-20)28(25-15-18-2-1-11-33-18)22(29)16-3-6-19(7-4-16)35(30,31)27-9-12-32-13-10-27/h1-8,11,14-15H,9-10,12-13H2/b25-15+. The highest BCUT2D eigenvalue weighted by Gasteiger charge is 2.27. The number of hydrazone groups is 1. The normalized spacial score (nSPS) is 15.1. The highest BCUT2D eigenvalue weighted by Crippen LogP contribution is 2.31. The van der Waals surface area contributed by atoms with E-state index in [9.17, 15) is 17.6 Å². The molecule has 1 amide bonds. The number of anilines is 1. The second kappa shape index (κ2) is 9.66. The van der Waals surface area contributed by atoms with Crippen molar-refractivity contribution in [1.29, 1.82) is 0 Å². The molecular formula is C23H19FN4O5S2. The third-order valence-electron chi connectivity index (χ3n) is 5.27. The summed E-state index contributed by atoms with van der Waals surface area (Å²) in [5.74, 6) is -0.536. The third-order valence-corrected chi connectivity index (χ3v) is 8.17. The summed E-state index contributed by atoms with van der Waals surface area (Å²) in [5, 5.41) is 5.56. The number of rotatable bonds is 6. The summed E-state index contributed by atoms with van der Waals surface area (Å²) in [6.07, 6.45) is 2.84. The molecule has 9 nitrogen and oxygen atoms in total. The molecule has 2 aromatic carbocycles. The maximum Gasteiger partial charge on any atom is 0.280 e. The van der Waals surface area contributed by atoms with E-state index >= 15 is 0 Å². The van der Waals surface area contributed by atoms with Gasteiger partial charge in [0, 0.05) is 18.7 Å². The average molecular weight is 515 g/mol. The quantitative estimate of drug-likeness (QED) is 0.287. The molecule has 1 aliphatic heterocycles. The topological polar surface area (TPSA) is 105 Å². The molecule has 12 heteroatoms. The number of halogens is 1. The van der Waals surface area contributed by atoms with Gasteiger partial charge in [0.15, 0.2) is 0 Å². The van der Waals surface area contributed by atoms with E-state index in [-0.39, 0.29) is 28.7 Å². The number of thiazole rings is 1. The van der Waals surface area contributed by atoms with Crippen molar-refractivity contribution in [1.82, 2.24) is 9.29 Å². The van der Waals surface area contributed by atoms with E-state index in [0.717, 1.165) is 16.3 Å². The molecule has 1 saturated heterocycles. The molecule has 0 radical (unpaired) electrons. The number of furan rings is 1. The van der Waals surface area contributed by atoms with Crippen molar-refractivity contribution in [3.63, 3.8) is 0 Å². The Balaban J connectivity index is 1.47. The molecular weight excluding hydrogens is 495 g/mol. The van der Waals surface area contributed by atoms with E-state index in [2.05, 4.69) is 10.1 Å². The monoisotopic (exact) mass is 514 g/mol. The van der Waals surface area contributed by atoms with E-state index in [0.29, 0.717) is 29.2 Å². The van der Waals surface area contributed by atoms with Crippen LogP contribution in [0.3, 0.4) is 0 Å². The molecule has 5 rings (SSSR count). The molecule has 4 aromatic rings. The van der Waals surface area contributed by atoms with Gasteiger partial charge in [-0.3, -0.25) is 4.79 Å². The molecule has 0 unspecified atom stereocenters. The number of morpholine rings is 1. The molecule has 180 valence electrons. The second-order valence-corrected chi connectivity index (χ2v) is 10.5. The average Bonchev–Trinajstić information content (AvgIpc) is 3.54. The van der Waals surface area contributed by atoms with Crippen LogP contribution in [0, 0.1) is 5.82 Å². The second-order valence-electron chi connectivity index (χ2n) is 7.53. The van der Waals surface area contributed by atoms with E-state index in [1.807, 2.05) is 0 Å². The number of nitrogens with zero attached hydrogens (tertiary/aromatic N) is 4. The van der Waals surface area contributed by atoms with Crippen LogP contribution in [0.5, 0.6) is 0 Å². The smallest absolute Gasteiger partial charge is 0.280 e. The SMILES string of the molecule is O=C(c1ccc(S(=O)(=O)N2CCOCC2)cc1)N(/N=C/c1ccco1)c1nc2ccc(F)cc2s1. The van der Waals surface area contributed by atoms with Gasteiger partial charge < -0.3 is 9.15 Å². The minimum Gasteiger partial charge on any atom is -0.463 e. The van der Waals surface area contributed by atoms with Gasteiger partial charge in [0.1, 0.15) is 11.6 Å². The van der Waals surface area contributed by atoms with Gasteiger partial charge >= 0.3 is 0 Å². The summed E-state index contributed by atoms with van der Waals surface area (Å²) in [6.45, 7) is 1.22. The number of carbonyl (C=O) groups excluding carboxylic acids is 1. The number of fused-ring (bicyclic) bond motifs is 1. The lowest BCUT2D eigenvalue weighted by Crippen LogP contribution is -2.40. The molecule has 1 aliphatic rings. The van der Waals surface area contributed by atoms with Crippen LogP contribution >= 0.6 is 11.3 Å². The van der Waals surface area contributed by atoms with Crippen molar-refractivity contribution in [2.75, 3.05) is 31.3 Å². The molecule has 2 aromatic heterocycles. The van der Waals surface area contributed by atoms with Crippen LogP contribution in [0.2, 0.25) is 0 Å². The minimum absolute atomic E-state index is 0.0806. The molecule has 0 saturated carbocycles. The molecule has 0 atom stereocenters. The zero-order valence-electron chi connectivity index (χ0n) is 18.2.